The van der Waals surface area contributed by atoms with Crippen LogP contribution in [0.5, 0.6) is 0 Å². The van der Waals surface area contributed by atoms with E-state index in [1.807, 2.05) is 0 Å². The summed E-state index contributed by atoms with van der Waals surface area (Å²) in [4.78, 5) is 10.4. The average Bonchev–Trinajstić information content (AvgIpc) is 2.26. The van der Waals surface area contributed by atoms with Gasteiger partial charge in [0.1, 0.15) is 6.10 Å². The van der Waals surface area contributed by atoms with Crippen LogP contribution in [0.2, 0.25) is 5.02 Å². The Hall–Kier alpha value is -1.31. The maximum atomic E-state index is 12.6. The molecule has 8 heteroatoms. The predicted molar refractivity (Wildman–Crippen MR) is 59.7 cm³/mol. The van der Waals surface area contributed by atoms with E-state index in [9.17, 15) is 28.2 Å². The Kier molecular flexibility index (Phi) is 4.78. The van der Waals surface area contributed by atoms with Crippen LogP contribution < -0.4 is 0 Å². The van der Waals surface area contributed by atoms with Crippen LogP contribution in [0.3, 0.4) is 0 Å². The first kappa shape index (κ1) is 15.7. The van der Waals surface area contributed by atoms with E-state index in [1.165, 1.54) is 0 Å². The molecule has 1 rings (SSSR count). The van der Waals surface area contributed by atoms with Gasteiger partial charge in [0, 0.05) is 0 Å². The first-order valence-corrected chi connectivity index (χ1v) is 5.45. The van der Waals surface area contributed by atoms with Crippen molar-refractivity contribution in [1.82, 2.24) is 0 Å². The molecule has 0 aromatic heterocycles. The van der Waals surface area contributed by atoms with Gasteiger partial charge in [-0.15, -0.1) is 0 Å². The van der Waals surface area contributed by atoms with Crippen molar-refractivity contribution < 1.29 is 33.3 Å². The molecule has 106 valence electrons. The highest BCUT2D eigenvalue weighted by Crippen LogP contribution is 2.36. The first-order valence-electron chi connectivity index (χ1n) is 5.07. The quantitative estimate of drug-likeness (QED) is 0.796. The normalized spacial score (nSPS) is 15.1. The van der Waals surface area contributed by atoms with Gasteiger partial charge in [-0.1, -0.05) is 17.7 Å². The molecule has 0 aliphatic rings. The summed E-state index contributed by atoms with van der Waals surface area (Å²) in [6.45, 7) is 0. The minimum absolute atomic E-state index is 0.259. The Labute approximate surface area is 111 Å². The van der Waals surface area contributed by atoms with E-state index in [2.05, 4.69) is 0 Å². The molecule has 2 atom stereocenters. The van der Waals surface area contributed by atoms with Gasteiger partial charge < -0.3 is 15.3 Å². The second-order valence-electron chi connectivity index (χ2n) is 3.85. The molecule has 0 saturated carbocycles. The lowest BCUT2D eigenvalue weighted by molar-refractivity contribution is -0.141. The molecule has 3 N–H and O–H groups in total. The van der Waals surface area contributed by atoms with Crippen molar-refractivity contribution in [3.8, 4) is 0 Å². The summed E-state index contributed by atoms with van der Waals surface area (Å²) in [5.74, 6) is -1.38. The minimum atomic E-state index is -4.70. The number of aliphatic carboxylic acids is 1. The highest BCUT2D eigenvalue weighted by Gasteiger charge is 2.34. The summed E-state index contributed by atoms with van der Waals surface area (Å²) in [6, 6.07) is 2.60. The Morgan fingerprint density at radius 3 is 2.37 bits per heavy atom. The van der Waals surface area contributed by atoms with Crippen molar-refractivity contribution in [3.63, 3.8) is 0 Å². The van der Waals surface area contributed by atoms with E-state index < -0.39 is 41.4 Å². The number of alkyl halides is 3. The lowest BCUT2D eigenvalue weighted by Gasteiger charge is -2.18. The molecular weight excluding hydrogens is 289 g/mol. The number of aliphatic hydroxyl groups is 2. The molecule has 0 spiro atoms. The Morgan fingerprint density at radius 1 is 1.32 bits per heavy atom. The summed E-state index contributed by atoms with van der Waals surface area (Å²) in [5, 5.41) is 26.8. The molecule has 0 amide bonds. The number of hydrogen-bond donors (Lipinski definition) is 3. The Morgan fingerprint density at radius 2 is 1.89 bits per heavy atom. The second kappa shape index (κ2) is 5.77. The summed E-state index contributed by atoms with van der Waals surface area (Å²) in [6.07, 6.45) is -8.94. The number of aliphatic hydroxyl groups excluding tert-OH is 2. The van der Waals surface area contributed by atoms with Crippen molar-refractivity contribution in [1.29, 1.82) is 0 Å². The molecule has 0 bridgehead atoms. The van der Waals surface area contributed by atoms with Crippen LogP contribution in [0.1, 0.15) is 23.7 Å². The largest absolute Gasteiger partial charge is 0.481 e. The molecule has 4 nitrogen and oxygen atoms in total. The van der Waals surface area contributed by atoms with Crippen molar-refractivity contribution in [3.05, 3.63) is 34.3 Å². The highest BCUT2D eigenvalue weighted by atomic mass is 35.5. The molecule has 0 aliphatic heterocycles. The topological polar surface area (TPSA) is 77.8 Å². The minimum Gasteiger partial charge on any atom is -0.481 e. The van der Waals surface area contributed by atoms with Crippen LogP contribution in [0, 0.1) is 0 Å². The molecule has 0 aliphatic carbocycles. The molecule has 2 unspecified atom stereocenters. The van der Waals surface area contributed by atoms with Crippen molar-refractivity contribution in [2.75, 3.05) is 0 Å². The van der Waals surface area contributed by atoms with Crippen LogP contribution in [0.15, 0.2) is 18.2 Å². The van der Waals surface area contributed by atoms with Crippen LogP contribution in [-0.2, 0) is 11.0 Å². The number of carboxylic acid groups (broad SMARTS) is 1. The van der Waals surface area contributed by atoms with E-state index >= 15 is 0 Å². The zero-order valence-electron chi connectivity index (χ0n) is 9.36. The lowest BCUT2D eigenvalue weighted by atomic mass is 10.00. The Balaban J connectivity index is 3.05. The monoisotopic (exact) mass is 298 g/mol. The SMILES string of the molecule is O=C(O)CC(O)C(O)c1ccc(Cl)c(C(F)(F)F)c1. The maximum absolute atomic E-state index is 12.6. The van der Waals surface area contributed by atoms with Gasteiger partial charge in [-0.2, -0.15) is 13.2 Å². The smallest absolute Gasteiger partial charge is 0.417 e. The number of halogens is 4. The highest BCUT2D eigenvalue weighted by molar-refractivity contribution is 6.31. The van der Waals surface area contributed by atoms with Gasteiger partial charge in [0.15, 0.2) is 0 Å². The third-order valence-electron chi connectivity index (χ3n) is 2.39. The van der Waals surface area contributed by atoms with Gasteiger partial charge in [-0.25, -0.2) is 0 Å². The molecule has 0 saturated heterocycles. The Bertz CT molecular complexity index is 475. The van der Waals surface area contributed by atoms with Gasteiger partial charge in [0.05, 0.1) is 23.1 Å². The van der Waals surface area contributed by atoms with Crippen molar-refractivity contribution in [2.45, 2.75) is 24.8 Å². The van der Waals surface area contributed by atoms with Crippen LogP contribution in [0.4, 0.5) is 13.2 Å². The van der Waals surface area contributed by atoms with Crippen LogP contribution in [-0.4, -0.2) is 27.4 Å². The van der Waals surface area contributed by atoms with Gasteiger partial charge in [-0.05, 0) is 17.7 Å². The second-order valence-corrected chi connectivity index (χ2v) is 4.25. The average molecular weight is 299 g/mol. The molecule has 0 heterocycles. The number of carboxylic acids is 1. The maximum Gasteiger partial charge on any atom is 0.417 e. The van der Waals surface area contributed by atoms with E-state index in [-0.39, 0.29) is 5.56 Å². The number of benzene rings is 1. The summed E-state index contributed by atoms with van der Waals surface area (Å²) < 4.78 is 37.7. The van der Waals surface area contributed by atoms with Crippen LogP contribution in [0.25, 0.3) is 0 Å². The summed E-state index contributed by atoms with van der Waals surface area (Å²) >= 11 is 5.39. The van der Waals surface area contributed by atoms with E-state index in [0.29, 0.717) is 6.07 Å². The van der Waals surface area contributed by atoms with Gasteiger partial charge >= 0.3 is 12.1 Å². The third kappa shape index (κ3) is 4.09. The third-order valence-corrected chi connectivity index (χ3v) is 2.72. The molecular formula is C11H10ClF3O4. The fourth-order valence-electron chi connectivity index (χ4n) is 1.46. The fourth-order valence-corrected chi connectivity index (χ4v) is 1.68. The van der Waals surface area contributed by atoms with Gasteiger partial charge in [-0.3, -0.25) is 4.79 Å². The fraction of sp³-hybridized carbons (Fsp3) is 0.364. The zero-order valence-corrected chi connectivity index (χ0v) is 10.1. The molecule has 19 heavy (non-hydrogen) atoms. The van der Waals surface area contributed by atoms with E-state index in [4.69, 9.17) is 16.7 Å². The molecule has 1 aromatic carbocycles. The van der Waals surface area contributed by atoms with Crippen LogP contribution >= 0.6 is 11.6 Å². The summed E-state index contributed by atoms with van der Waals surface area (Å²) in [7, 11) is 0. The summed E-state index contributed by atoms with van der Waals surface area (Å²) in [5.41, 5.74) is -1.42. The zero-order chi connectivity index (χ0) is 14.8. The lowest BCUT2D eigenvalue weighted by Crippen LogP contribution is -2.22. The number of hydrogen-bond acceptors (Lipinski definition) is 3. The molecule has 1 aromatic rings. The molecule has 0 fully saturated rings. The van der Waals surface area contributed by atoms with Gasteiger partial charge in [0.25, 0.3) is 0 Å². The predicted octanol–water partition coefficient (Wildman–Crippen LogP) is 2.23. The first-order chi connectivity index (χ1) is 8.62. The number of carbonyl (C=O) groups is 1. The van der Waals surface area contributed by atoms with E-state index in [0.717, 1.165) is 12.1 Å². The number of rotatable bonds is 4. The van der Waals surface area contributed by atoms with E-state index in [1.54, 1.807) is 0 Å². The van der Waals surface area contributed by atoms with Crippen molar-refractivity contribution >= 4 is 17.6 Å². The molecule has 0 radical (unpaired) electrons. The standard InChI is InChI=1S/C11H10ClF3O4/c12-7-2-1-5(3-6(7)11(13,14)15)10(19)8(16)4-9(17)18/h1-3,8,10,16,19H,4H2,(H,17,18). The van der Waals surface area contributed by atoms with Crippen molar-refractivity contribution in [2.24, 2.45) is 0 Å². The van der Waals surface area contributed by atoms with Gasteiger partial charge in [0.2, 0.25) is 0 Å².